The number of aromatic amines is 1. The maximum atomic E-state index is 12.1. The zero-order valence-corrected chi connectivity index (χ0v) is 11.7. The van der Waals surface area contributed by atoms with Crippen LogP contribution in [0.25, 0.3) is 0 Å². The molecule has 19 heavy (non-hydrogen) atoms. The van der Waals surface area contributed by atoms with E-state index in [0.29, 0.717) is 16.3 Å². The van der Waals surface area contributed by atoms with Gasteiger partial charge >= 0.3 is 0 Å². The van der Waals surface area contributed by atoms with Gasteiger partial charge in [0.25, 0.3) is 5.91 Å². The van der Waals surface area contributed by atoms with E-state index in [0.717, 1.165) is 11.4 Å². The number of benzene rings is 1. The zero-order valence-electron chi connectivity index (χ0n) is 11.0. The highest BCUT2D eigenvalue weighted by molar-refractivity contribution is 6.31. The Morgan fingerprint density at radius 2 is 2.16 bits per heavy atom. The second-order valence-electron chi connectivity index (χ2n) is 4.42. The molecular weight excluding hydrogens is 264 g/mol. The van der Waals surface area contributed by atoms with Crippen LogP contribution in [0.15, 0.2) is 24.4 Å². The first-order chi connectivity index (χ1) is 8.99. The van der Waals surface area contributed by atoms with Gasteiger partial charge in [-0.2, -0.15) is 5.10 Å². The number of carbonyl (C=O) groups excluding carboxylic acids is 1. The van der Waals surface area contributed by atoms with Crippen LogP contribution in [-0.2, 0) is 0 Å². The summed E-state index contributed by atoms with van der Waals surface area (Å²) in [5.74, 6) is -0.211. The molecule has 5 nitrogen and oxygen atoms in total. The number of aryl methyl sites for hydroxylation is 1. The minimum Gasteiger partial charge on any atom is -0.376 e. The molecule has 0 radical (unpaired) electrons. The summed E-state index contributed by atoms with van der Waals surface area (Å²) >= 11 is 5.97. The van der Waals surface area contributed by atoms with Crippen molar-refractivity contribution in [2.45, 2.75) is 6.92 Å². The summed E-state index contributed by atoms with van der Waals surface area (Å²) in [6, 6.07) is 5.38. The normalized spacial score (nSPS) is 10.3. The zero-order chi connectivity index (χ0) is 14.0. The van der Waals surface area contributed by atoms with Crippen molar-refractivity contribution < 1.29 is 4.79 Å². The van der Waals surface area contributed by atoms with Crippen LogP contribution in [0.5, 0.6) is 0 Å². The van der Waals surface area contributed by atoms with Crippen LogP contribution in [0, 0.1) is 6.92 Å². The lowest BCUT2D eigenvalue weighted by molar-refractivity contribution is 0.102. The predicted molar refractivity (Wildman–Crippen MR) is 77.1 cm³/mol. The van der Waals surface area contributed by atoms with Crippen LogP contribution in [0.4, 0.5) is 11.4 Å². The number of amides is 1. The van der Waals surface area contributed by atoms with Gasteiger partial charge in [-0.3, -0.25) is 9.89 Å². The van der Waals surface area contributed by atoms with E-state index < -0.39 is 0 Å². The Morgan fingerprint density at radius 3 is 2.74 bits per heavy atom. The highest BCUT2D eigenvalue weighted by atomic mass is 35.5. The van der Waals surface area contributed by atoms with Gasteiger partial charge in [0.2, 0.25) is 0 Å². The number of halogens is 1. The summed E-state index contributed by atoms with van der Waals surface area (Å²) in [6.07, 6.45) is 1.50. The average molecular weight is 279 g/mol. The fraction of sp³-hybridized carbons (Fsp3) is 0.231. The molecule has 100 valence electrons. The molecule has 0 spiro atoms. The summed E-state index contributed by atoms with van der Waals surface area (Å²) in [5.41, 5.74) is 2.80. The number of H-pyrrole nitrogens is 1. The Kier molecular flexibility index (Phi) is 3.76. The van der Waals surface area contributed by atoms with Gasteiger partial charge in [-0.15, -0.1) is 0 Å². The van der Waals surface area contributed by atoms with Crippen LogP contribution in [0.3, 0.4) is 0 Å². The number of nitrogens with zero attached hydrogens (tertiary/aromatic N) is 2. The number of carbonyl (C=O) groups is 1. The van der Waals surface area contributed by atoms with Crippen molar-refractivity contribution in [3.8, 4) is 0 Å². The van der Waals surface area contributed by atoms with Crippen molar-refractivity contribution in [3.05, 3.63) is 40.7 Å². The van der Waals surface area contributed by atoms with Crippen molar-refractivity contribution in [2.75, 3.05) is 24.3 Å². The molecular formula is C13H15ClN4O. The molecule has 0 saturated carbocycles. The van der Waals surface area contributed by atoms with Gasteiger partial charge in [0.15, 0.2) is 0 Å². The molecule has 0 fully saturated rings. The van der Waals surface area contributed by atoms with Gasteiger partial charge in [0.1, 0.15) is 0 Å². The van der Waals surface area contributed by atoms with Crippen molar-refractivity contribution in [2.24, 2.45) is 0 Å². The van der Waals surface area contributed by atoms with Crippen LogP contribution in [0.2, 0.25) is 5.02 Å². The summed E-state index contributed by atoms with van der Waals surface area (Å²) in [4.78, 5) is 14.1. The van der Waals surface area contributed by atoms with E-state index in [4.69, 9.17) is 11.6 Å². The van der Waals surface area contributed by atoms with Crippen molar-refractivity contribution in [1.82, 2.24) is 10.2 Å². The van der Waals surface area contributed by atoms with Crippen LogP contribution in [0.1, 0.15) is 16.1 Å². The maximum absolute atomic E-state index is 12.1. The first-order valence-electron chi connectivity index (χ1n) is 5.77. The molecule has 0 unspecified atom stereocenters. The Labute approximate surface area is 116 Å². The number of hydrogen-bond donors (Lipinski definition) is 2. The minimum absolute atomic E-state index is 0.211. The topological polar surface area (TPSA) is 61.0 Å². The number of nitrogens with one attached hydrogen (secondary N) is 2. The first-order valence-corrected chi connectivity index (χ1v) is 6.15. The third-order valence-electron chi connectivity index (χ3n) is 2.76. The molecule has 0 atom stereocenters. The second kappa shape index (κ2) is 5.32. The molecule has 1 aromatic carbocycles. The van der Waals surface area contributed by atoms with E-state index in [-0.39, 0.29) is 5.91 Å². The Morgan fingerprint density at radius 1 is 1.42 bits per heavy atom. The highest BCUT2D eigenvalue weighted by Crippen LogP contribution is 2.28. The molecule has 2 N–H and O–H groups in total. The van der Waals surface area contributed by atoms with Crippen LogP contribution < -0.4 is 10.2 Å². The van der Waals surface area contributed by atoms with Gasteiger partial charge in [0, 0.05) is 24.8 Å². The largest absolute Gasteiger partial charge is 0.376 e. The monoisotopic (exact) mass is 278 g/mol. The summed E-state index contributed by atoms with van der Waals surface area (Å²) in [6.45, 7) is 1.80. The smallest absolute Gasteiger partial charge is 0.259 e. The average Bonchev–Trinajstić information content (AvgIpc) is 2.75. The molecule has 6 heteroatoms. The second-order valence-corrected chi connectivity index (χ2v) is 4.86. The van der Waals surface area contributed by atoms with E-state index >= 15 is 0 Å². The predicted octanol–water partition coefficient (Wildman–Crippen LogP) is 2.69. The van der Waals surface area contributed by atoms with Gasteiger partial charge in [-0.1, -0.05) is 11.6 Å². The van der Waals surface area contributed by atoms with E-state index in [9.17, 15) is 4.79 Å². The van der Waals surface area contributed by atoms with Gasteiger partial charge < -0.3 is 10.2 Å². The lowest BCUT2D eigenvalue weighted by atomic mass is 10.2. The molecule has 1 aromatic heterocycles. The van der Waals surface area contributed by atoms with Crippen LogP contribution in [-0.4, -0.2) is 30.2 Å². The number of rotatable bonds is 3. The number of hydrogen-bond acceptors (Lipinski definition) is 3. The van der Waals surface area contributed by atoms with Crippen LogP contribution >= 0.6 is 11.6 Å². The molecule has 0 aliphatic rings. The maximum Gasteiger partial charge on any atom is 0.259 e. The van der Waals surface area contributed by atoms with Gasteiger partial charge in [0.05, 0.1) is 23.1 Å². The number of aromatic nitrogens is 2. The summed E-state index contributed by atoms with van der Waals surface area (Å²) < 4.78 is 0. The van der Waals surface area contributed by atoms with E-state index in [1.54, 1.807) is 19.1 Å². The SMILES string of the molecule is Cc1[nH]ncc1C(=O)Nc1cc(Cl)ccc1N(C)C. The third kappa shape index (κ3) is 2.88. The molecule has 1 heterocycles. The van der Waals surface area contributed by atoms with Crippen molar-refractivity contribution in [1.29, 1.82) is 0 Å². The Bertz CT molecular complexity index is 606. The minimum atomic E-state index is -0.211. The molecule has 0 saturated heterocycles. The fourth-order valence-electron chi connectivity index (χ4n) is 1.77. The molecule has 2 aromatic rings. The summed E-state index contributed by atoms with van der Waals surface area (Å²) in [5, 5.41) is 10.00. The Balaban J connectivity index is 2.31. The van der Waals surface area contributed by atoms with Gasteiger partial charge in [-0.05, 0) is 25.1 Å². The molecule has 0 aliphatic heterocycles. The summed E-state index contributed by atoms with van der Waals surface area (Å²) in [7, 11) is 3.81. The number of anilines is 2. The van der Waals surface area contributed by atoms with Gasteiger partial charge in [-0.25, -0.2) is 0 Å². The standard InChI is InChI=1S/C13H15ClN4O/c1-8-10(7-15-17-8)13(19)16-11-6-9(14)4-5-12(11)18(2)3/h4-7H,1-3H3,(H,15,17)(H,16,19). The fourth-order valence-corrected chi connectivity index (χ4v) is 1.94. The molecule has 0 aliphatic carbocycles. The highest BCUT2D eigenvalue weighted by Gasteiger charge is 2.14. The van der Waals surface area contributed by atoms with E-state index in [1.807, 2.05) is 25.1 Å². The van der Waals surface area contributed by atoms with E-state index in [1.165, 1.54) is 6.20 Å². The first kappa shape index (κ1) is 13.4. The lowest BCUT2D eigenvalue weighted by Gasteiger charge is -2.18. The Hall–Kier alpha value is -2.01. The molecule has 1 amide bonds. The van der Waals surface area contributed by atoms with E-state index in [2.05, 4.69) is 15.5 Å². The third-order valence-corrected chi connectivity index (χ3v) is 3.00. The quantitative estimate of drug-likeness (QED) is 0.907. The molecule has 0 bridgehead atoms. The van der Waals surface area contributed by atoms with Crippen molar-refractivity contribution >= 4 is 28.9 Å². The lowest BCUT2D eigenvalue weighted by Crippen LogP contribution is -2.17. The van der Waals surface area contributed by atoms with Crippen molar-refractivity contribution in [3.63, 3.8) is 0 Å². The molecule has 2 rings (SSSR count).